The van der Waals surface area contributed by atoms with Gasteiger partial charge in [0.1, 0.15) is 6.04 Å². The third kappa shape index (κ3) is 6.24. The largest absolute Gasteiger partial charge is 0.352 e. The highest BCUT2D eigenvalue weighted by Gasteiger charge is 2.26. The first-order chi connectivity index (χ1) is 12.9. The highest BCUT2D eigenvalue weighted by Crippen LogP contribution is 2.15. The molecule has 0 bridgehead atoms. The molecule has 0 saturated heterocycles. The number of benzene rings is 2. The SMILES string of the molecule is Cc1ccccc1CN(C(=O)CCc1ccccc1)C(C)C(=O)NC(C)C. The molecular weight excluding hydrogens is 336 g/mol. The van der Waals surface area contributed by atoms with Crippen molar-refractivity contribution in [3.8, 4) is 0 Å². The fraction of sp³-hybridized carbons (Fsp3) is 0.391. The Bertz CT molecular complexity index is 756. The molecule has 4 nitrogen and oxygen atoms in total. The van der Waals surface area contributed by atoms with Crippen molar-refractivity contribution in [2.24, 2.45) is 0 Å². The molecule has 0 aromatic heterocycles. The molecule has 4 heteroatoms. The molecule has 1 N–H and O–H groups in total. The molecule has 0 aliphatic carbocycles. The molecule has 0 aliphatic rings. The Hall–Kier alpha value is -2.62. The topological polar surface area (TPSA) is 49.4 Å². The molecule has 0 heterocycles. The zero-order valence-electron chi connectivity index (χ0n) is 16.7. The minimum absolute atomic E-state index is 0.00601. The zero-order chi connectivity index (χ0) is 19.8. The summed E-state index contributed by atoms with van der Waals surface area (Å²) in [5, 5.41) is 2.92. The quantitative estimate of drug-likeness (QED) is 0.771. The van der Waals surface area contributed by atoms with E-state index in [1.807, 2.05) is 75.4 Å². The predicted octanol–water partition coefficient (Wildman–Crippen LogP) is 3.87. The van der Waals surface area contributed by atoms with E-state index >= 15 is 0 Å². The second kappa shape index (κ2) is 9.91. The van der Waals surface area contributed by atoms with Crippen molar-refractivity contribution >= 4 is 11.8 Å². The van der Waals surface area contributed by atoms with Crippen LogP contribution < -0.4 is 5.32 Å². The number of nitrogens with zero attached hydrogens (tertiary/aromatic N) is 1. The van der Waals surface area contributed by atoms with E-state index < -0.39 is 6.04 Å². The van der Waals surface area contributed by atoms with Crippen LogP contribution in [0.4, 0.5) is 0 Å². The molecule has 0 radical (unpaired) electrons. The molecule has 2 amide bonds. The van der Waals surface area contributed by atoms with Gasteiger partial charge in [-0.1, -0.05) is 54.6 Å². The lowest BCUT2D eigenvalue weighted by Gasteiger charge is -2.30. The van der Waals surface area contributed by atoms with Crippen LogP contribution in [0.15, 0.2) is 54.6 Å². The van der Waals surface area contributed by atoms with Crippen LogP contribution in [-0.4, -0.2) is 28.8 Å². The van der Waals surface area contributed by atoms with Gasteiger partial charge >= 0.3 is 0 Å². The first-order valence-corrected chi connectivity index (χ1v) is 9.56. The smallest absolute Gasteiger partial charge is 0.242 e. The van der Waals surface area contributed by atoms with Crippen molar-refractivity contribution in [1.82, 2.24) is 10.2 Å². The molecular formula is C23H30N2O2. The minimum atomic E-state index is -0.518. The van der Waals surface area contributed by atoms with Gasteiger partial charge in [-0.05, 0) is 50.8 Å². The van der Waals surface area contributed by atoms with Crippen LogP contribution in [-0.2, 0) is 22.6 Å². The maximum absolute atomic E-state index is 13.0. The molecule has 144 valence electrons. The van der Waals surface area contributed by atoms with Gasteiger partial charge in [0, 0.05) is 19.0 Å². The van der Waals surface area contributed by atoms with Crippen LogP contribution in [0, 0.1) is 6.92 Å². The van der Waals surface area contributed by atoms with Gasteiger partial charge in [-0.25, -0.2) is 0 Å². The fourth-order valence-electron chi connectivity index (χ4n) is 3.00. The van der Waals surface area contributed by atoms with E-state index in [1.54, 1.807) is 11.8 Å². The van der Waals surface area contributed by atoms with Gasteiger partial charge < -0.3 is 10.2 Å². The lowest BCUT2D eigenvalue weighted by atomic mass is 10.1. The lowest BCUT2D eigenvalue weighted by Crippen LogP contribution is -2.49. The maximum Gasteiger partial charge on any atom is 0.242 e. The third-order valence-corrected chi connectivity index (χ3v) is 4.67. The molecule has 2 aromatic rings. The van der Waals surface area contributed by atoms with Gasteiger partial charge in [0.2, 0.25) is 11.8 Å². The van der Waals surface area contributed by atoms with Crippen LogP contribution in [0.2, 0.25) is 0 Å². The van der Waals surface area contributed by atoms with Crippen LogP contribution in [0.5, 0.6) is 0 Å². The van der Waals surface area contributed by atoms with Crippen molar-refractivity contribution in [2.75, 3.05) is 0 Å². The summed E-state index contributed by atoms with van der Waals surface area (Å²) in [6.45, 7) is 8.12. The molecule has 0 aliphatic heterocycles. The number of carbonyl (C=O) groups excluding carboxylic acids is 2. The van der Waals surface area contributed by atoms with Gasteiger partial charge in [-0.3, -0.25) is 9.59 Å². The van der Waals surface area contributed by atoms with E-state index in [0.29, 0.717) is 19.4 Å². The summed E-state index contributed by atoms with van der Waals surface area (Å²) in [5.41, 5.74) is 3.31. The molecule has 1 unspecified atom stereocenters. The van der Waals surface area contributed by atoms with Gasteiger partial charge in [0.15, 0.2) is 0 Å². The van der Waals surface area contributed by atoms with Crippen molar-refractivity contribution in [1.29, 1.82) is 0 Å². The Morgan fingerprint density at radius 2 is 1.59 bits per heavy atom. The third-order valence-electron chi connectivity index (χ3n) is 4.67. The summed E-state index contributed by atoms with van der Waals surface area (Å²) < 4.78 is 0. The van der Waals surface area contributed by atoms with Crippen molar-refractivity contribution in [3.63, 3.8) is 0 Å². The van der Waals surface area contributed by atoms with Crippen molar-refractivity contribution < 1.29 is 9.59 Å². The number of aryl methyl sites for hydroxylation is 2. The molecule has 27 heavy (non-hydrogen) atoms. The average Bonchev–Trinajstić information content (AvgIpc) is 2.65. The second-order valence-corrected chi connectivity index (χ2v) is 7.27. The van der Waals surface area contributed by atoms with Gasteiger partial charge in [-0.15, -0.1) is 0 Å². The molecule has 0 fully saturated rings. The summed E-state index contributed by atoms with van der Waals surface area (Å²) in [5.74, 6) is -0.125. The number of nitrogens with one attached hydrogen (secondary N) is 1. The highest BCUT2D eigenvalue weighted by molar-refractivity contribution is 5.87. The Labute approximate surface area is 162 Å². The summed E-state index contributed by atoms with van der Waals surface area (Å²) in [7, 11) is 0. The van der Waals surface area contributed by atoms with E-state index in [9.17, 15) is 9.59 Å². The fourth-order valence-corrected chi connectivity index (χ4v) is 3.00. The van der Waals surface area contributed by atoms with Crippen molar-refractivity contribution in [3.05, 3.63) is 71.3 Å². The average molecular weight is 367 g/mol. The molecule has 1 atom stereocenters. The number of hydrogen-bond donors (Lipinski definition) is 1. The first-order valence-electron chi connectivity index (χ1n) is 9.56. The summed E-state index contributed by atoms with van der Waals surface area (Å²) >= 11 is 0. The minimum Gasteiger partial charge on any atom is -0.352 e. The van der Waals surface area contributed by atoms with Gasteiger partial charge in [0.05, 0.1) is 0 Å². The van der Waals surface area contributed by atoms with E-state index in [2.05, 4.69) is 5.32 Å². The van der Waals surface area contributed by atoms with E-state index in [0.717, 1.165) is 16.7 Å². The van der Waals surface area contributed by atoms with Crippen LogP contribution >= 0.6 is 0 Å². The highest BCUT2D eigenvalue weighted by atomic mass is 16.2. The zero-order valence-corrected chi connectivity index (χ0v) is 16.7. The number of amides is 2. The standard InChI is InChI=1S/C23H30N2O2/c1-17(2)24-23(27)19(4)25(16-21-13-9-8-10-18(21)3)22(26)15-14-20-11-6-5-7-12-20/h5-13,17,19H,14-16H2,1-4H3,(H,24,27). The number of carbonyl (C=O) groups is 2. The Balaban J connectivity index is 2.15. The van der Waals surface area contributed by atoms with Crippen LogP contribution in [0.1, 0.15) is 43.9 Å². The molecule has 2 aromatic carbocycles. The molecule has 0 spiro atoms. The van der Waals surface area contributed by atoms with Crippen LogP contribution in [0.25, 0.3) is 0 Å². The summed E-state index contributed by atoms with van der Waals surface area (Å²) in [4.78, 5) is 27.3. The Morgan fingerprint density at radius 1 is 0.963 bits per heavy atom. The monoisotopic (exact) mass is 366 g/mol. The molecule has 0 saturated carbocycles. The first kappa shape index (κ1) is 20.7. The van der Waals surface area contributed by atoms with Gasteiger partial charge in [0.25, 0.3) is 0 Å². The summed E-state index contributed by atoms with van der Waals surface area (Å²) in [6.07, 6.45) is 1.05. The number of rotatable bonds is 8. The Kier molecular flexibility index (Phi) is 7.59. The molecule has 2 rings (SSSR count). The maximum atomic E-state index is 13.0. The van der Waals surface area contributed by atoms with Crippen molar-refractivity contribution in [2.45, 2.75) is 59.2 Å². The van der Waals surface area contributed by atoms with E-state index in [-0.39, 0.29) is 17.9 Å². The van der Waals surface area contributed by atoms with E-state index in [4.69, 9.17) is 0 Å². The second-order valence-electron chi connectivity index (χ2n) is 7.27. The predicted molar refractivity (Wildman–Crippen MR) is 109 cm³/mol. The number of hydrogen-bond acceptors (Lipinski definition) is 2. The summed E-state index contributed by atoms with van der Waals surface area (Å²) in [6, 6.07) is 17.5. The Morgan fingerprint density at radius 3 is 2.22 bits per heavy atom. The lowest BCUT2D eigenvalue weighted by molar-refractivity contribution is -0.140. The normalized spacial score (nSPS) is 11.9. The van der Waals surface area contributed by atoms with E-state index in [1.165, 1.54) is 0 Å². The van der Waals surface area contributed by atoms with Gasteiger partial charge in [-0.2, -0.15) is 0 Å². The van der Waals surface area contributed by atoms with Crippen LogP contribution in [0.3, 0.4) is 0 Å².